The maximum Gasteiger partial charge on any atom is 0.145 e. The van der Waals surface area contributed by atoms with Crippen molar-refractivity contribution in [3.63, 3.8) is 0 Å². The van der Waals surface area contributed by atoms with E-state index in [9.17, 15) is 0 Å². The molecule has 0 radical (unpaired) electrons. The van der Waals surface area contributed by atoms with Gasteiger partial charge in [-0.3, -0.25) is 4.57 Å². The Morgan fingerprint density at radius 1 is 0.710 bits per heavy atom. The maximum atomic E-state index is 5.35. The molecule has 0 aliphatic carbocycles. The summed E-state index contributed by atoms with van der Waals surface area (Å²) in [6, 6.07) is 29.4. The summed E-state index contributed by atoms with van der Waals surface area (Å²) in [6.45, 7) is 4.30. The van der Waals surface area contributed by atoms with Crippen LogP contribution in [-0.2, 0) is 0 Å². The molecule has 31 heavy (non-hydrogen) atoms. The fraction of sp³-hybridized carbons (Fsp3) is 0.107. The molecule has 5 rings (SSSR count). The number of hydrogen-bond acceptors (Lipinski definition) is 2. The van der Waals surface area contributed by atoms with Crippen molar-refractivity contribution in [3.05, 3.63) is 102 Å². The normalized spacial score (nSPS) is 11.1. The van der Waals surface area contributed by atoms with E-state index in [0.29, 0.717) is 0 Å². The number of methoxy groups -OCH3 is 1. The van der Waals surface area contributed by atoms with E-state index in [-0.39, 0.29) is 0 Å². The van der Waals surface area contributed by atoms with Crippen LogP contribution >= 0.6 is 0 Å². The minimum Gasteiger partial charge on any atom is -0.497 e. The van der Waals surface area contributed by atoms with Gasteiger partial charge in [-0.1, -0.05) is 54.6 Å². The highest BCUT2D eigenvalue weighted by atomic mass is 16.5. The number of benzene rings is 4. The molecule has 0 N–H and O–H groups in total. The summed E-state index contributed by atoms with van der Waals surface area (Å²) in [6.07, 6.45) is 2.15. The number of hydrogen-bond donors (Lipinski definition) is 0. The first-order valence-corrected chi connectivity index (χ1v) is 10.4. The zero-order chi connectivity index (χ0) is 21.4. The molecule has 4 aromatic carbocycles. The Labute approximate surface area is 182 Å². The number of ether oxygens (including phenoxy) is 1. The predicted octanol–water partition coefficient (Wildman–Crippen LogP) is 6.98. The molecule has 0 aliphatic heterocycles. The fourth-order valence-electron chi connectivity index (χ4n) is 4.17. The Kier molecular flexibility index (Phi) is 4.79. The molecule has 152 valence electrons. The number of imidazole rings is 1. The predicted molar refractivity (Wildman–Crippen MR) is 128 cm³/mol. The summed E-state index contributed by atoms with van der Waals surface area (Å²) in [5.41, 5.74) is 6.73. The Balaban J connectivity index is 1.72. The standard InChI is InChI=1S/C28H24N2O/c1-19-7-6-8-20(2)27(19)30-18-26(24-12-11-21-9-4-5-10-23(21)17-24)29-28(30)22-13-15-25(31-3)16-14-22/h4-18H,1-3H3. The number of aryl methyl sites for hydroxylation is 2. The van der Waals surface area contributed by atoms with Crippen LogP contribution in [0.1, 0.15) is 11.1 Å². The van der Waals surface area contributed by atoms with Gasteiger partial charge in [0.1, 0.15) is 11.6 Å². The largest absolute Gasteiger partial charge is 0.497 e. The van der Waals surface area contributed by atoms with Gasteiger partial charge in [0.05, 0.1) is 18.5 Å². The average molecular weight is 405 g/mol. The van der Waals surface area contributed by atoms with E-state index in [2.05, 4.69) is 97.4 Å². The van der Waals surface area contributed by atoms with Gasteiger partial charge in [0.2, 0.25) is 0 Å². The van der Waals surface area contributed by atoms with Crippen LogP contribution in [0.15, 0.2) is 91.1 Å². The van der Waals surface area contributed by atoms with E-state index in [1.54, 1.807) is 7.11 Å². The number of nitrogens with zero attached hydrogens (tertiary/aromatic N) is 2. The van der Waals surface area contributed by atoms with Gasteiger partial charge in [-0.05, 0) is 66.1 Å². The molecule has 0 aliphatic rings. The second kappa shape index (κ2) is 7.77. The fourth-order valence-corrected chi connectivity index (χ4v) is 4.17. The van der Waals surface area contributed by atoms with E-state index in [1.807, 2.05) is 12.1 Å². The lowest BCUT2D eigenvalue weighted by Gasteiger charge is -2.14. The molecule has 3 nitrogen and oxygen atoms in total. The van der Waals surface area contributed by atoms with Gasteiger partial charge in [-0.2, -0.15) is 0 Å². The quantitative estimate of drug-likeness (QED) is 0.323. The van der Waals surface area contributed by atoms with Gasteiger partial charge in [0.15, 0.2) is 0 Å². The van der Waals surface area contributed by atoms with E-state index >= 15 is 0 Å². The first kappa shape index (κ1) is 19.1. The zero-order valence-corrected chi connectivity index (χ0v) is 18.0. The van der Waals surface area contributed by atoms with Gasteiger partial charge in [-0.15, -0.1) is 0 Å². The minimum absolute atomic E-state index is 0.837. The third-order valence-corrected chi connectivity index (χ3v) is 5.78. The number of rotatable bonds is 4. The number of fused-ring (bicyclic) bond motifs is 1. The molecule has 0 bridgehead atoms. The van der Waals surface area contributed by atoms with Crippen molar-refractivity contribution in [2.24, 2.45) is 0 Å². The van der Waals surface area contributed by atoms with E-state index in [1.165, 1.54) is 27.6 Å². The highest BCUT2D eigenvalue weighted by Gasteiger charge is 2.16. The van der Waals surface area contributed by atoms with Crippen LogP contribution in [0.2, 0.25) is 0 Å². The lowest BCUT2D eigenvalue weighted by molar-refractivity contribution is 0.415. The second-order valence-electron chi connectivity index (χ2n) is 7.85. The summed E-state index contributed by atoms with van der Waals surface area (Å²) < 4.78 is 7.57. The van der Waals surface area contributed by atoms with Crippen molar-refractivity contribution >= 4 is 10.8 Å². The molecule has 3 heteroatoms. The van der Waals surface area contributed by atoms with Gasteiger partial charge < -0.3 is 4.74 Å². The summed E-state index contributed by atoms with van der Waals surface area (Å²) in [5, 5.41) is 2.45. The van der Waals surface area contributed by atoms with Crippen molar-refractivity contribution in [2.75, 3.05) is 7.11 Å². The molecular formula is C28H24N2O. The van der Waals surface area contributed by atoms with E-state index in [4.69, 9.17) is 9.72 Å². The molecule has 0 atom stereocenters. The van der Waals surface area contributed by atoms with Gasteiger partial charge >= 0.3 is 0 Å². The molecule has 0 unspecified atom stereocenters. The smallest absolute Gasteiger partial charge is 0.145 e. The SMILES string of the molecule is COc1ccc(-c2nc(-c3ccc4ccccc4c3)cn2-c2c(C)cccc2C)cc1. The molecule has 0 spiro atoms. The third kappa shape index (κ3) is 3.49. The summed E-state index contributed by atoms with van der Waals surface area (Å²) in [4.78, 5) is 5.09. The molecular weight excluding hydrogens is 380 g/mol. The highest BCUT2D eigenvalue weighted by Crippen LogP contribution is 2.32. The van der Waals surface area contributed by atoms with E-state index in [0.717, 1.165) is 28.4 Å². The Morgan fingerprint density at radius 3 is 2.10 bits per heavy atom. The first-order valence-electron chi connectivity index (χ1n) is 10.4. The minimum atomic E-state index is 0.837. The van der Waals surface area contributed by atoms with Crippen LogP contribution < -0.4 is 4.74 Å². The molecule has 1 aromatic heterocycles. The van der Waals surface area contributed by atoms with Crippen LogP contribution in [0.3, 0.4) is 0 Å². The summed E-state index contributed by atoms with van der Waals surface area (Å²) in [7, 11) is 1.68. The Bertz CT molecular complexity index is 1360. The van der Waals surface area contributed by atoms with Crippen LogP contribution in [-0.4, -0.2) is 16.7 Å². The summed E-state index contributed by atoms with van der Waals surface area (Å²) >= 11 is 0. The number of aromatic nitrogens is 2. The van der Waals surface area contributed by atoms with Crippen molar-refractivity contribution < 1.29 is 4.74 Å². The topological polar surface area (TPSA) is 27.1 Å². The third-order valence-electron chi connectivity index (χ3n) is 5.78. The Morgan fingerprint density at radius 2 is 1.39 bits per heavy atom. The molecule has 0 saturated heterocycles. The van der Waals surface area contributed by atoms with E-state index < -0.39 is 0 Å². The van der Waals surface area contributed by atoms with Crippen LogP contribution in [0.4, 0.5) is 0 Å². The van der Waals surface area contributed by atoms with Crippen LogP contribution in [0, 0.1) is 13.8 Å². The van der Waals surface area contributed by atoms with Gasteiger partial charge in [0.25, 0.3) is 0 Å². The lowest BCUT2D eigenvalue weighted by Crippen LogP contribution is -2.01. The summed E-state index contributed by atoms with van der Waals surface area (Å²) in [5.74, 6) is 1.76. The van der Waals surface area contributed by atoms with Crippen LogP contribution in [0.25, 0.3) is 39.1 Å². The van der Waals surface area contributed by atoms with Gasteiger partial charge in [0, 0.05) is 17.3 Å². The molecule has 0 amide bonds. The van der Waals surface area contributed by atoms with Gasteiger partial charge in [-0.25, -0.2) is 4.98 Å². The monoisotopic (exact) mass is 404 g/mol. The average Bonchev–Trinajstić information content (AvgIpc) is 3.23. The van der Waals surface area contributed by atoms with Crippen molar-refractivity contribution in [1.29, 1.82) is 0 Å². The zero-order valence-electron chi connectivity index (χ0n) is 18.0. The maximum absolute atomic E-state index is 5.35. The highest BCUT2D eigenvalue weighted by molar-refractivity contribution is 5.87. The van der Waals surface area contributed by atoms with Crippen molar-refractivity contribution in [3.8, 4) is 34.1 Å². The van der Waals surface area contributed by atoms with Crippen molar-refractivity contribution in [2.45, 2.75) is 13.8 Å². The Hall–Kier alpha value is -3.85. The number of para-hydroxylation sites is 1. The molecule has 5 aromatic rings. The molecule has 1 heterocycles. The lowest BCUT2D eigenvalue weighted by atomic mass is 10.1. The van der Waals surface area contributed by atoms with Crippen LogP contribution in [0.5, 0.6) is 5.75 Å². The molecule has 0 saturated carbocycles. The second-order valence-corrected chi connectivity index (χ2v) is 7.85. The van der Waals surface area contributed by atoms with Crippen molar-refractivity contribution in [1.82, 2.24) is 9.55 Å². The first-order chi connectivity index (χ1) is 15.1. The molecule has 0 fully saturated rings.